The minimum atomic E-state index is -0.449. The Hall–Kier alpha value is -3.28. The van der Waals surface area contributed by atoms with E-state index in [1.54, 1.807) is 7.11 Å². The first-order valence-corrected chi connectivity index (χ1v) is 7.78. The van der Waals surface area contributed by atoms with Gasteiger partial charge in [-0.05, 0) is 29.7 Å². The first kappa shape index (κ1) is 18.1. The van der Waals surface area contributed by atoms with Gasteiger partial charge in [0.15, 0.2) is 5.82 Å². The molecule has 1 aromatic rings. The Labute approximate surface area is 147 Å². The molecule has 5 N–H and O–H groups in total. The van der Waals surface area contributed by atoms with E-state index in [2.05, 4.69) is 16.9 Å². The van der Waals surface area contributed by atoms with Crippen LogP contribution < -0.4 is 21.5 Å². The number of carbonyl (C=O) groups is 1. The Morgan fingerprint density at radius 3 is 2.64 bits per heavy atom. The standard InChI is InChI=1S/C19H22N4O2/c1-13(14-8-10-16(25-2)11-9-14)12-22-18(21)17(20)19(24)23-15-6-4-3-5-7-15/h3-6,8-12,15H,1,7,20-21H2,2H3,(H,23,24)/b18-17-,22-12-. The van der Waals surface area contributed by atoms with Crippen molar-refractivity contribution in [3.05, 3.63) is 72.2 Å². The van der Waals surface area contributed by atoms with Gasteiger partial charge in [0.25, 0.3) is 5.91 Å². The Kier molecular flexibility index (Phi) is 6.17. The number of nitrogens with two attached hydrogens (primary N) is 2. The number of benzene rings is 1. The zero-order valence-corrected chi connectivity index (χ0v) is 14.1. The van der Waals surface area contributed by atoms with Crippen LogP contribution in [0.15, 0.2) is 71.7 Å². The molecule has 0 heterocycles. The molecule has 2 rings (SSSR count). The van der Waals surface area contributed by atoms with Gasteiger partial charge in [-0.3, -0.25) is 4.79 Å². The largest absolute Gasteiger partial charge is 0.497 e. The molecule has 1 amide bonds. The number of carbonyl (C=O) groups excluding carboxylic acids is 1. The molecule has 25 heavy (non-hydrogen) atoms. The van der Waals surface area contributed by atoms with E-state index in [-0.39, 0.29) is 17.6 Å². The van der Waals surface area contributed by atoms with Crippen LogP contribution in [0.4, 0.5) is 0 Å². The van der Waals surface area contributed by atoms with Crippen LogP contribution in [0.5, 0.6) is 5.75 Å². The second-order valence-corrected chi connectivity index (χ2v) is 5.44. The third kappa shape index (κ3) is 5.10. The van der Waals surface area contributed by atoms with Gasteiger partial charge >= 0.3 is 0 Å². The van der Waals surface area contributed by atoms with Gasteiger partial charge in [-0.2, -0.15) is 0 Å². The number of ether oxygens (including phenoxy) is 1. The van der Waals surface area contributed by atoms with Crippen LogP contribution in [0, 0.1) is 0 Å². The average molecular weight is 338 g/mol. The summed E-state index contributed by atoms with van der Waals surface area (Å²) in [6.07, 6.45) is 9.83. The number of allylic oxidation sites excluding steroid dienone is 3. The molecule has 0 saturated heterocycles. The molecule has 1 aliphatic rings. The summed E-state index contributed by atoms with van der Waals surface area (Å²) in [5, 5.41) is 2.78. The Morgan fingerprint density at radius 1 is 1.32 bits per heavy atom. The Morgan fingerprint density at radius 2 is 2.04 bits per heavy atom. The lowest BCUT2D eigenvalue weighted by Crippen LogP contribution is -2.37. The Bertz CT molecular complexity index is 758. The molecule has 0 spiro atoms. The first-order chi connectivity index (χ1) is 12.0. The monoisotopic (exact) mass is 338 g/mol. The molecule has 1 aromatic carbocycles. The predicted molar refractivity (Wildman–Crippen MR) is 101 cm³/mol. The zero-order valence-electron chi connectivity index (χ0n) is 14.1. The van der Waals surface area contributed by atoms with Crippen LogP contribution in [0.3, 0.4) is 0 Å². The van der Waals surface area contributed by atoms with Crippen molar-refractivity contribution in [1.29, 1.82) is 0 Å². The first-order valence-electron chi connectivity index (χ1n) is 7.78. The quantitative estimate of drug-likeness (QED) is 0.544. The van der Waals surface area contributed by atoms with Crippen LogP contribution >= 0.6 is 0 Å². The second-order valence-electron chi connectivity index (χ2n) is 5.44. The maximum absolute atomic E-state index is 12.1. The molecule has 130 valence electrons. The maximum atomic E-state index is 12.1. The third-order valence-corrected chi connectivity index (χ3v) is 3.64. The molecule has 0 bridgehead atoms. The zero-order chi connectivity index (χ0) is 18.2. The maximum Gasteiger partial charge on any atom is 0.271 e. The molecule has 1 aliphatic carbocycles. The van der Waals surface area contributed by atoms with Crippen molar-refractivity contribution in [1.82, 2.24) is 5.32 Å². The Balaban J connectivity index is 2.00. The molecule has 0 radical (unpaired) electrons. The van der Waals surface area contributed by atoms with E-state index < -0.39 is 5.91 Å². The van der Waals surface area contributed by atoms with Gasteiger partial charge in [0.05, 0.1) is 13.2 Å². The van der Waals surface area contributed by atoms with E-state index in [9.17, 15) is 4.79 Å². The molecule has 0 aromatic heterocycles. The smallest absolute Gasteiger partial charge is 0.271 e. The molecule has 0 fully saturated rings. The lowest BCUT2D eigenvalue weighted by molar-refractivity contribution is -0.118. The predicted octanol–water partition coefficient (Wildman–Crippen LogP) is 1.87. The van der Waals surface area contributed by atoms with Gasteiger partial charge in [-0.25, -0.2) is 4.99 Å². The van der Waals surface area contributed by atoms with Crippen molar-refractivity contribution in [2.75, 3.05) is 7.11 Å². The van der Waals surface area contributed by atoms with Crippen molar-refractivity contribution in [3.63, 3.8) is 0 Å². The normalized spacial score (nSPS) is 17.2. The van der Waals surface area contributed by atoms with Crippen LogP contribution in [0.2, 0.25) is 0 Å². The van der Waals surface area contributed by atoms with Crippen molar-refractivity contribution >= 4 is 17.7 Å². The minimum absolute atomic E-state index is 0.0532. The summed E-state index contributed by atoms with van der Waals surface area (Å²) < 4.78 is 5.11. The topological polar surface area (TPSA) is 103 Å². The molecule has 1 unspecified atom stereocenters. The fourth-order valence-corrected chi connectivity index (χ4v) is 2.15. The number of aliphatic imine (C=N–C) groups is 1. The molecule has 6 nitrogen and oxygen atoms in total. The van der Waals surface area contributed by atoms with E-state index in [0.717, 1.165) is 11.3 Å². The average Bonchev–Trinajstić information content (AvgIpc) is 2.66. The SMILES string of the molecule is C=C(/C=N\C(N)=C(/N)C(=O)NC1C=CC=CC1)c1ccc(OC)cc1. The summed E-state index contributed by atoms with van der Waals surface area (Å²) in [4.78, 5) is 16.1. The van der Waals surface area contributed by atoms with E-state index in [1.165, 1.54) is 6.21 Å². The highest BCUT2D eigenvalue weighted by atomic mass is 16.5. The van der Waals surface area contributed by atoms with Gasteiger partial charge in [-0.1, -0.05) is 43.0 Å². The molecular formula is C19H22N4O2. The van der Waals surface area contributed by atoms with Crippen molar-refractivity contribution in [2.45, 2.75) is 12.5 Å². The number of hydrogen-bond acceptors (Lipinski definition) is 5. The van der Waals surface area contributed by atoms with Gasteiger partial charge in [0, 0.05) is 6.21 Å². The highest BCUT2D eigenvalue weighted by molar-refractivity contribution is 6.09. The van der Waals surface area contributed by atoms with Crippen LogP contribution in [-0.2, 0) is 4.79 Å². The highest BCUT2D eigenvalue weighted by Crippen LogP contribution is 2.16. The lowest BCUT2D eigenvalue weighted by atomic mass is 10.1. The van der Waals surface area contributed by atoms with Crippen molar-refractivity contribution < 1.29 is 9.53 Å². The summed E-state index contributed by atoms with van der Waals surface area (Å²) in [7, 11) is 1.60. The van der Waals surface area contributed by atoms with Crippen LogP contribution in [-0.4, -0.2) is 25.3 Å². The van der Waals surface area contributed by atoms with Crippen molar-refractivity contribution in [3.8, 4) is 5.75 Å². The fourth-order valence-electron chi connectivity index (χ4n) is 2.15. The summed E-state index contributed by atoms with van der Waals surface area (Å²) in [5.74, 6) is 0.248. The summed E-state index contributed by atoms with van der Waals surface area (Å²) in [6, 6.07) is 7.25. The second kappa shape index (κ2) is 8.54. The van der Waals surface area contributed by atoms with E-state index in [1.807, 2.05) is 48.6 Å². The van der Waals surface area contributed by atoms with Gasteiger partial charge in [0.2, 0.25) is 0 Å². The van der Waals surface area contributed by atoms with Crippen LogP contribution in [0.25, 0.3) is 5.57 Å². The van der Waals surface area contributed by atoms with Gasteiger partial charge in [0.1, 0.15) is 11.4 Å². The number of nitrogens with one attached hydrogen (secondary N) is 1. The third-order valence-electron chi connectivity index (χ3n) is 3.64. The summed E-state index contributed by atoms with van der Waals surface area (Å²) >= 11 is 0. The van der Waals surface area contributed by atoms with Crippen LogP contribution in [0.1, 0.15) is 12.0 Å². The number of nitrogens with zero attached hydrogens (tertiary/aromatic N) is 1. The van der Waals surface area contributed by atoms with E-state index >= 15 is 0 Å². The fraction of sp³-hybridized carbons (Fsp3) is 0.158. The molecule has 0 saturated carbocycles. The molecule has 6 heteroatoms. The number of amides is 1. The van der Waals surface area contributed by atoms with Gasteiger partial charge in [-0.15, -0.1) is 0 Å². The van der Waals surface area contributed by atoms with E-state index in [0.29, 0.717) is 12.0 Å². The summed E-state index contributed by atoms with van der Waals surface area (Å²) in [5.41, 5.74) is 13.0. The molecule has 0 aliphatic heterocycles. The molecular weight excluding hydrogens is 316 g/mol. The number of methoxy groups -OCH3 is 1. The van der Waals surface area contributed by atoms with Crippen molar-refractivity contribution in [2.24, 2.45) is 16.5 Å². The highest BCUT2D eigenvalue weighted by Gasteiger charge is 2.14. The summed E-state index contributed by atoms with van der Waals surface area (Å²) in [6.45, 7) is 3.92. The number of rotatable bonds is 6. The van der Waals surface area contributed by atoms with Gasteiger partial charge < -0.3 is 21.5 Å². The minimum Gasteiger partial charge on any atom is -0.497 e. The molecule has 1 atom stereocenters. The lowest BCUT2D eigenvalue weighted by Gasteiger charge is -2.15. The number of hydrogen-bond donors (Lipinski definition) is 3. The van der Waals surface area contributed by atoms with E-state index in [4.69, 9.17) is 16.2 Å².